The molecule has 4 aromatic rings. The van der Waals surface area contributed by atoms with Crippen molar-refractivity contribution in [3.8, 4) is 5.75 Å². The average Bonchev–Trinajstić information content (AvgIpc) is 2.83. The van der Waals surface area contributed by atoms with Crippen molar-refractivity contribution in [2.24, 2.45) is 5.10 Å². The van der Waals surface area contributed by atoms with Crippen LogP contribution in [0.3, 0.4) is 0 Å². The van der Waals surface area contributed by atoms with Gasteiger partial charge in [-0.1, -0.05) is 53.2 Å². The van der Waals surface area contributed by atoms with Crippen LogP contribution >= 0.6 is 15.9 Å². The maximum Gasteiger partial charge on any atom is 0.343 e. The number of rotatable bonds is 7. The molecule has 7 nitrogen and oxygen atoms in total. The standard InChI is InChI=1S/C25H22BrN3O4/c1-3-6-23-28-21-11-10-17(26)13-19(21)25(31)29(23)27-14-20-18-8-5-4-7-16(18)9-12-22(20)33-15-24(30)32-2/h4-5,7-14H,3,6,15H2,1-2H3. The molecule has 8 heteroatoms. The zero-order valence-electron chi connectivity index (χ0n) is 18.2. The highest BCUT2D eigenvalue weighted by Crippen LogP contribution is 2.27. The molecule has 0 aliphatic heterocycles. The number of aromatic nitrogens is 2. The van der Waals surface area contributed by atoms with Crippen molar-refractivity contribution >= 4 is 49.8 Å². The van der Waals surface area contributed by atoms with Crippen LogP contribution in [-0.4, -0.2) is 35.6 Å². The lowest BCUT2D eigenvalue weighted by atomic mass is 10.0. The van der Waals surface area contributed by atoms with Gasteiger partial charge < -0.3 is 9.47 Å². The molecular weight excluding hydrogens is 486 g/mol. The van der Waals surface area contributed by atoms with E-state index in [0.717, 1.165) is 21.7 Å². The number of esters is 1. The second-order valence-corrected chi connectivity index (χ2v) is 8.28. The third-order valence-corrected chi connectivity index (χ3v) is 5.65. The van der Waals surface area contributed by atoms with E-state index in [1.165, 1.54) is 11.8 Å². The fourth-order valence-electron chi connectivity index (χ4n) is 3.54. The van der Waals surface area contributed by atoms with Crippen LogP contribution in [0.25, 0.3) is 21.7 Å². The highest BCUT2D eigenvalue weighted by atomic mass is 79.9. The number of carbonyl (C=O) groups is 1. The second-order valence-electron chi connectivity index (χ2n) is 7.36. The minimum Gasteiger partial charge on any atom is -0.481 e. The zero-order chi connectivity index (χ0) is 23.4. The number of aryl methyl sites for hydroxylation is 1. The van der Waals surface area contributed by atoms with Crippen LogP contribution in [0.4, 0.5) is 0 Å². The van der Waals surface area contributed by atoms with Gasteiger partial charge in [0.05, 0.1) is 24.2 Å². The van der Waals surface area contributed by atoms with Gasteiger partial charge in [0, 0.05) is 16.5 Å². The second kappa shape index (κ2) is 9.95. The third-order valence-electron chi connectivity index (χ3n) is 5.16. The number of halogens is 1. The Bertz CT molecular complexity index is 1430. The van der Waals surface area contributed by atoms with Crippen molar-refractivity contribution in [3.05, 3.63) is 80.8 Å². The van der Waals surface area contributed by atoms with Gasteiger partial charge in [-0.25, -0.2) is 9.78 Å². The van der Waals surface area contributed by atoms with Crippen molar-refractivity contribution in [1.82, 2.24) is 9.66 Å². The first-order valence-electron chi connectivity index (χ1n) is 10.5. The summed E-state index contributed by atoms with van der Waals surface area (Å²) in [4.78, 5) is 29.6. The number of benzene rings is 3. The summed E-state index contributed by atoms with van der Waals surface area (Å²) >= 11 is 3.42. The van der Waals surface area contributed by atoms with Gasteiger partial charge in [-0.15, -0.1) is 0 Å². The van der Waals surface area contributed by atoms with E-state index in [-0.39, 0.29) is 12.2 Å². The van der Waals surface area contributed by atoms with Gasteiger partial charge in [0.25, 0.3) is 5.56 Å². The molecule has 1 aromatic heterocycles. The molecule has 0 aliphatic rings. The normalized spacial score (nSPS) is 11.4. The number of methoxy groups -OCH3 is 1. The van der Waals surface area contributed by atoms with Crippen molar-refractivity contribution < 1.29 is 14.3 Å². The van der Waals surface area contributed by atoms with E-state index in [1.54, 1.807) is 18.3 Å². The molecule has 0 N–H and O–H groups in total. The third kappa shape index (κ3) is 4.80. The topological polar surface area (TPSA) is 82.8 Å². The van der Waals surface area contributed by atoms with E-state index < -0.39 is 5.97 Å². The Kier molecular flexibility index (Phi) is 6.84. The number of nitrogens with zero attached hydrogens (tertiary/aromatic N) is 3. The Balaban J connectivity index is 1.87. The van der Waals surface area contributed by atoms with Crippen LogP contribution in [-0.2, 0) is 16.0 Å². The molecule has 0 bridgehead atoms. The molecule has 0 amide bonds. The van der Waals surface area contributed by atoms with E-state index in [0.29, 0.717) is 34.5 Å². The van der Waals surface area contributed by atoms with Crippen LogP contribution in [0.5, 0.6) is 5.75 Å². The zero-order valence-corrected chi connectivity index (χ0v) is 19.8. The summed E-state index contributed by atoms with van der Waals surface area (Å²) in [5.41, 5.74) is 1.03. The summed E-state index contributed by atoms with van der Waals surface area (Å²) in [5, 5.41) is 6.87. The number of hydrogen-bond donors (Lipinski definition) is 0. The molecule has 0 aliphatic carbocycles. The lowest BCUT2D eigenvalue weighted by Crippen LogP contribution is -2.22. The number of hydrogen-bond acceptors (Lipinski definition) is 6. The molecule has 1 heterocycles. The number of ether oxygens (including phenoxy) is 2. The van der Waals surface area contributed by atoms with E-state index in [2.05, 4.69) is 30.8 Å². The van der Waals surface area contributed by atoms with Gasteiger partial charge in [-0.05, 0) is 41.5 Å². The quantitative estimate of drug-likeness (QED) is 0.267. The SMILES string of the molecule is CCCc1nc2ccc(Br)cc2c(=O)n1N=Cc1c(OCC(=O)OC)ccc2ccccc12. The molecule has 0 unspecified atom stereocenters. The maximum atomic E-state index is 13.3. The highest BCUT2D eigenvalue weighted by Gasteiger charge is 2.13. The van der Waals surface area contributed by atoms with Crippen LogP contribution in [0, 0.1) is 0 Å². The summed E-state index contributed by atoms with van der Waals surface area (Å²) in [6.07, 6.45) is 2.99. The van der Waals surface area contributed by atoms with E-state index in [4.69, 9.17) is 4.74 Å². The van der Waals surface area contributed by atoms with E-state index in [1.807, 2.05) is 49.4 Å². The lowest BCUT2D eigenvalue weighted by Gasteiger charge is -2.12. The van der Waals surface area contributed by atoms with Gasteiger partial charge in [0.1, 0.15) is 11.6 Å². The fourth-order valence-corrected chi connectivity index (χ4v) is 3.91. The van der Waals surface area contributed by atoms with Gasteiger partial charge >= 0.3 is 5.97 Å². The Hall–Kier alpha value is -3.52. The molecule has 0 fully saturated rings. The molecule has 168 valence electrons. The van der Waals surface area contributed by atoms with E-state index >= 15 is 0 Å². The molecule has 0 radical (unpaired) electrons. The molecule has 0 spiro atoms. The first-order chi connectivity index (χ1) is 16.0. The van der Waals surface area contributed by atoms with Crippen LogP contribution in [0.2, 0.25) is 0 Å². The lowest BCUT2D eigenvalue weighted by molar-refractivity contribution is -0.142. The summed E-state index contributed by atoms with van der Waals surface area (Å²) < 4.78 is 12.5. The van der Waals surface area contributed by atoms with Crippen molar-refractivity contribution in [1.29, 1.82) is 0 Å². The summed E-state index contributed by atoms with van der Waals surface area (Å²) in [6.45, 7) is 1.79. The Morgan fingerprint density at radius 3 is 2.76 bits per heavy atom. The van der Waals surface area contributed by atoms with Crippen molar-refractivity contribution in [3.63, 3.8) is 0 Å². The molecule has 4 rings (SSSR count). The molecule has 3 aromatic carbocycles. The van der Waals surface area contributed by atoms with Crippen molar-refractivity contribution in [2.75, 3.05) is 13.7 Å². The van der Waals surface area contributed by atoms with Gasteiger partial charge in [0.15, 0.2) is 6.61 Å². The number of carbonyl (C=O) groups excluding carboxylic acids is 1. The summed E-state index contributed by atoms with van der Waals surface area (Å²) in [7, 11) is 1.31. The molecule has 0 saturated carbocycles. The average molecular weight is 508 g/mol. The Morgan fingerprint density at radius 1 is 1.15 bits per heavy atom. The smallest absolute Gasteiger partial charge is 0.343 e. The van der Waals surface area contributed by atoms with Gasteiger partial charge in [-0.3, -0.25) is 4.79 Å². The van der Waals surface area contributed by atoms with Crippen LogP contribution in [0.1, 0.15) is 24.7 Å². The fraction of sp³-hybridized carbons (Fsp3) is 0.200. The van der Waals surface area contributed by atoms with Crippen LogP contribution in [0.15, 0.2) is 69.0 Å². The minimum atomic E-state index is -0.489. The molecule has 0 saturated heterocycles. The Labute approximate surface area is 198 Å². The maximum absolute atomic E-state index is 13.3. The molecule has 33 heavy (non-hydrogen) atoms. The predicted molar refractivity (Wildman–Crippen MR) is 132 cm³/mol. The van der Waals surface area contributed by atoms with E-state index in [9.17, 15) is 9.59 Å². The highest BCUT2D eigenvalue weighted by molar-refractivity contribution is 9.10. The Morgan fingerprint density at radius 2 is 1.97 bits per heavy atom. The molecule has 0 atom stereocenters. The minimum absolute atomic E-state index is 0.234. The first-order valence-corrected chi connectivity index (χ1v) is 11.3. The van der Waals surface area contributed by atoms with Crippen LogP contribution < -0.4 is 10.3 Å². The number of fused-ring (bicyclic) bond motifs is 2. The van der Waals surface area contributed by atoms with Gasteiger partial charge in [-0.2, -0.15) is 9.78 Å². The largest absolute Gasteiger partial charge is 0.481 e. The predicted octanol–water partition coefficient (Wildman–Crippen LogP) is 4.70. The molecular formula is C25H22BrN3O4. The summed E-state index contributed by atoms with van der Waals surface area (Å²) in [5.74, 6) is 0.548. The monoisotopic (exact) mass is 507 g/mol. The van der Waals surface area contributed by atoms with Crippen molar-refractivity contribution in [2.45, 2.75) is 19.8 Å². The first kappa shape index (κ1) is 22.7. The summed E-state index contributed by atoms with van der Waals surface area (Å²) in [6, 6.07) is 16.9. The van der Waals surface area contributed by atoms with Gasteiger partial charge in [0.2, 0.25) is 0 Å².